The SMILES string of the molecule is CC(Cc1cc(Cl)ccn1)CN1CCCC1. The highest BCUT2D eigenvalue weighted by atomic mass is 35.5. The van der Waals surface area contributed by atoms with E-state index in [-0.39, 0.29) is 0 Å². The number of nitrogens with zero attached hydrogens (tertiary/aromatic N) is 2. The Labute approximate surface area is 103 Å². The first kappa shape index (κ1) is 11.9. The summed E-state index contributed by atoms with van der Waals surface area (Å²) in [6.45, 7) is 6.02. The second kappa shape index (κ2) is 5.65. The molecule has 0 saturated carbocycles. The Morgan fingerprint density at radius 1 is 1.44 bits per heavy atom. The molecule has 2 nitrogen and oxygen atoms in total. The number of hydrogen-bond donors (Lipinski definition) is 0. The number of rotatable bonds is 4. The predicted octanol–water partition coefficient (Wildman–Crippen LogP) is 3.01. The lowest BCUT2D eigenvalue weighted by Crippen LogP contribution is -2.26. The van der Waals surface area contributed by atoms with Gasteiger partial charge in [-0.2, -0.15) is 0 Å². The topological polar surface area (TPSA) is 16.1 Å². The first-order valence-electron chi connectivity index (χ1n) is 6.07. The minimum atomic E-state index is 0.657. The number of hydrogen-bond acceptors (Lipinski definition) is 2. The van der Waals surface area contributed by atoms with E-state index in [4.69, 9.17) is 11.6 Å². The summed E-state index contributed by atoms with van der Waals surface area (Å²) < 4.78 is 0. The molecule has 1 aliphatic rings. The zero-order chi connectivity index (χ0) is 11.4. The molecule has 0 radical (unpaired) electrons. The van der Waals surface area contributed by atoms with E-state index in [1.54, 1.807) is 6.20 Å². The number of aromatic nitrogens is 1. The van der Waals surface area contributed by atoms with Crippen LogP contribution in [0.3, 0.4) is 0 Å². The van der Waals surface area contributed by atoms with Crippen molar-refractivity contribution in [1.82, 2.24) is 9.88 Å². The van der Waals surface area contributed by atoms with Crippen molar-refractivity contribution >= 4 is 11.6 Å². The number of halogens is 1. The summed E-state index contributed by atoms with van der Waals surface area (Å²) in [5.74, 6) is 0.657. The molecule has 1 aromatic rings. The molecule has 1 saturated heterocycles. The van der Waals surface area contributed by atoms with Gasteiger partial charge in [-0.05, 0) is 50.4 Å². The summed E-state index contributed by atoms with van der Waals surface area (Å²) in [4.78, 5) is 6.90. The van der Waals surface area contributed by atoms with Gasteiger partial charge in [-0.25, -0.2) is 0 Å². The fourth-order valence-electron chi connectivity index (χ4n) is 2.39. The summed E-state index contributed by atoms with van der Waals surface area (Å²) in [6.07, 6.45) is 5.54. The van der Waals surface area contributed by atoms with Gasteiger partial charge in [0, 0.05) is 23.5 Å². The van der Waals surface area contributed by atoms with Crippen LogP contribution in [0, 0.1) is 5.92 Å². The maximum absolute atomic E-state index is 5.95. The highest BCUT2D eigenvalue weighted by Gasteiger charge is 2.15. The minimum Gasteiger partial charge on any atom is -0.303 e. The van der Waals surface area contributed by atoms with Crippen molar-refractivity contribution < 1.29 is 0 Å². The van der Waals surface area contributed by atoms with Gasteiger partial charge in [-0.3, -0.25) is 4.98 Å². The smallest absolute Gasteiger partial charge is 0.0439 e. The summed E-state index contributed by atoms with van der Waals surface area (Å²) in [6, 6.07) is 3.80. The second-order valence-corrected chi connectivity index (χ2v) is 5.22. The van der Waals surface area contributed by atoms with Gasteiger partial charge >= 0.3 is 0 Å². The Balaban J connectivity index is 1.84. The van der Waals surface area contributed by atoms with Crippen LogP contribution in [-0.4, -0.2) is 29.5 Å². The Bertz CT molecular complexity index is 334. The van der Waals surface area contributed by atoms with Crippen molar-refractivity contribution in [3.8, 4) is 0 Å². The average Bonchev–Trinajstić information content (AvgIpc) is 2.70. The number of pyridine rings is 1. The van der Waals surface area contributed by atoms with E-state index in [9.17, 15) is 0 Å². The van der Waals surface area contributed by atoms with Crippen LogP contribution in [0.25, 0.3) is 0 Å². The molecule has 0 amide bonds. The van der Waals surface area contributed by atoms with Gasteiger partial charge in [0.25, 0.3) is 0 Å². The van der Waals surface area contributed by atoms with Gasteiger partial charge in [0.05, 0.1) is 0 Å². The molecule has 0 bridgehead atoms. The van der Waals surface area contributed by atoms with Crippen LogP contribution in [-0.2, 0) is 6.42 Å². The van der Waals surface area contributed by atoms with E-state index in [0.29, 0.717) is 5.92 Å². The van der Waals surface area contributed by atoms with Gasteiger partial charge in [0.15, 0.2) is 0 Å². The molecule has 2 rings (SSSR count). The van der Waals surface area contributed by atoms with E-state index < -0.39 is 0 Å². The van der Waals surface area contributed by atoms with Gasteiger partial charge in [-0.1, -0.05) is 18.5 Å². The van der Waals surface area contributed by atoms with Crippen molar-refractivity contribution in [3.63, 3.8) is 0 Å². The number of likely N-dealkylation sites (tertiary alicyclic amines) is 1. The van der Waals surface area contributed by atoms with Crippen LogP contribution in [0.2, 0.25) is 5.02 Å². The normalized spacial score (nSPS) is 18.9. The van der Waals surface area contributed by atoms with E-state index in [1.807, 2.05) is 12.1 Å². The van der Waals surface area contributed by atoms with Gasteiger partial charge < -0.3 is 4.90 Å². The third-order valence-electron chi connectivity index (χ3n) is 3.10. The zero-order valence-corrected chi connectivity index (χ0v) is 10.6. The lowest BCUT2D eigenvalue weighted by atomic mass is 10.0. The second-order valence-electron chi connectivity index (χ2n) is 4.78. The Morgan fingerprint density at radius 3 is 2.88 bits per heavy atom. The quantitative estimate of drug-likeness (QED) is 0.802. The Hall–Kier alpha value is -0.600. The fraction of sp³-hybridized carbons (Fsp3) is 0.615. The van der Waals surface area contributed by atoms with Gasteiger partial charge in [-0.15, -0.1) is 0 Å². The van der Waals surface area contributed by atoms with Crippen LogP contribution < -0.4 is 0 Å². The molecule has 3 heteroatoms. The summed E-state index contributed by atoms with van der Waals surface area (Å²) in [5, 5.41) is 0.790. The molecule has 2 heterocycles. The summed E-state index contributed by atoms with van der Waals surface area (Å²) in [5.41, 5.74) is 1.11. The van der Waals surface area contributed by atoms with Crippen LogP contribution in [0.1, 0.15) is 25.5 Å². The highest BCUT2D eigenvalue weighted by Crippen LogP contribution is 2.15. The Morgan fingerprint density at radius 2 is 2.19 bits per heavy atom. The van der Waals surface area contributed by atoms with Gasteiger partial charge in [0.1, 0.15) is 0 Å². The highest BCUT2D eigenvalue weighted by molar-refractivity contribution is 6.30. The molecule has 0 N–H and O–H groups in total. The van der Waals surface area contributed by atoms with Gasteiger partial charge in [0.2, 0.25) is 0 Å². The maximum atomic E-state index is 5.95. The van der Waals surface area contributed by atoms with E-state index in [0.717, 1.165) is 17.1 Å². The minimum absolute atomic E-state index is 0.657. The molecule has 88 valence electrons. The molecule has 1 atom stereocenters. The molecular weight excluding hydrogens is 220 g/mol. The molecular formula is C13H19ClN2. The average molecular weight is 239 g/mol. The summed E-state index contributed by atoms with van der Waals surface area (Å²) in [7, 11) is 0. The summed E-state index contributed by atoms with van der Waals surface area (Å²) >= 11 is 5.95. The van der Waals surface area contributed by atoms with Crippen molar-refractivity contribution in [3.05, 3.63) is 29.0 Å². The Kier molecular flexibility index (Phi) is 4.19. The third kappa shape index (κ3) is 3.46. The van der Waals surface area contributed by atoms with Crippen LogP contribution in [0.5, 0.6) is 0 Å². The molecule has 0 aromatic carbocycles. The van der Waals surface area contributed by atoms with Crippen molar-refractivity contribution in [2.24, 2.45) is 5.92 Å². The molecule has 0 spiro atoms. The molecule has 1 aliphatic heterocycles. The molecule has 1 unspecified atom stereocenters. The fourth-order valence-corrected chi connectivity index (χ4v) is 2.57. The third-order valence-corrected chi connectivity index (χ3v) is 3.34. The zero-order valence-electron chi connectivity index (χ0n) is 9.82. The molecule has 0 aliphatic carbocycles. The van der Waals surface area contributed by atoms with E-state index >= 15 is 0 Å². The van der Waals surface area contributed by atoms with Crippen molar-refractivity contribution in [2.45, 2.75) is 26.2 Å². The molecule has 1 fully saturated rings. The first-order valence-corrected chi connectivity index (χ1v) is 6.44. The lowest BCUT2D eigenvalue weighted by Gasteiger charge is -2.19. The van der Waals surface area contributed by atoms with Crippen molar-refractivity contribution in [1.29, 1.82) is 0 Å². The van der Waals surface area contributed by atoms with Crippen molar-refractivity contribution in [2.75, 3.05) is 19.6 Å². The van der Waals surface area contributed by atoms with Crippen LogP contribution in [0.4, 0.5) is 0 Å². The molecule has 1 aromatic heterocycles. The monoisotopic (exact) mass is 238 g/mol. The van der Waals surface area contributed by atoms with Crippen LogP contribution >= 0.6 is 11.6 Å². The largest absolute Gasteiger partial charge is 0.303 e. The van der Waals surface area contributed by atoms with E-state index in [1.165, 1.54) is 32.5 Å². The lowest BCUT2D eigenvalue weighted by molar-refractivity contribution is 0.286. The standard InChI is InChI=1S/C13H19ClN2/c1-11(10-16-6-2-3-7-16)8-13-9-12(14)4-5-15-13/h4-5,9,11H,2-3,6-8,10H2,1H3. The first-order chi connectivity index (χ1) is 7.74. The maximum Gasteiger partial charge on any atom is 0.0439 e. The van der Waals surface area contributed by atoms with Crippen LogP contribution in [0.15, 0.2) is 18.3 Å². The predicted molar refractivity (Wildman–Crippen MR) is 67.8 cm³/mol. The van der Waals surface area contributed by atoms with E-state index in [2.05, 4.69) is 16.8 Å². The molecule has 16 heavy (non-hydrogen) atoms.